The van der Waals surface area contributed by atoms with Gasteiger partial charge in [-0.1, -0.05) is 18.2 Å². The highest BCUT2D eigenvalue weighted by Gasteiger charge is 2.25. The summed E-state index contributed by atoms with van der Waals surface area (Å²) in [6, 6.07) is 8.87. The van der Waals surface area contributed by atoms with Crippen molar-refractivity contribution in [2.75, 3.05) is 6.29 Å². The van der Waals surface area contributed by atoms with Crippen molar-refractivity contribution in [1.29, 1.82) is 0 Å². The Morgan fingerprint density at radius 3 is 2.40 bits per heavy atom. The van der Waals surface area contributed by atoms with Gasteiger partial charge in [-0.05, 0) is 26.0 Å². The van der Waals surface area contributed by atoms with Gasteiger partial charge in [-0.3, -0.25) is 4.52 Å². The Bertz CT molecular complexity index is 340. The van der Waals surface area contributed by atoms with Gasteiger partial charge in [0, 0.05) is 0 Å². The predicted molar refractivity (Wildman–Crippen MR) is 60.0 cm³/mol. The average Bonchev–Trinajstić information content (AvgIpc) is 2.18. The van der Waals surface area contributed by atoms with Gasteiger partial charge in [0.05, 0.1) is 6.10 Å². The van der Waals surface area contributed by atoms with E-state index < -0.39 is 7.60 Å². The van der Waals surface area contributed by atoms with Gasteiger partial charge in [-0.2, -0.15) is 0 Å². The van der Waals surface area contributed by atoms with Gasteiger partial charge in [-0.15, -0.1) is 0 Å². The molecule has 0 bridgehead atoms. The summed E-state index contributed by atoms with van der Waals surface area (Å²) in [5.74, 6) is 0.506. The van der Waals surface area contributed by atoms with Crippen molar-refractivity contribution in [2.45, 2.75) is 20.0 Å². The van der Waals surface area contributed by atoms with Crippen LogP contribution in [0, 0.1) is 0 Å². The van der Waals surface area contributed by atoms with E-state index in [-0.39, 0.29) is 12.4 Å². The van der Waals surface area contributed by atoms with Crippen molar-refractivity contribution < 1.29 is 13.6 Å². The van der Waals surface area contributed by atoms with E-state index in [4.69, 9.17) is 14.8 Å². The maximum absolute atomic E-state index is 12.0. The fourth-order valence-corrected chi connectivity index (χ4v) is 2.35. The van der Waals surface area contributed by atoms with E-state index in [2.05, 4.69) is 0 Å². The first kappa shape index (κ1) is 12.2. The first-order chi connectivity index (χ1) is 7.06. The van der Waals surface area contributed by atoms with Gasteiger partial charge >= 0.3 is 7.60 Å². The molecule has 0 fully saturated rings. The lowest BCUT2D eigenvalue weighted by molar-refractivity contribution is 0.209. The van der Waals surface area contributed by atoms with Crippen LogP contribution in [0.3, 0.4) is 0 Å². The van der Waals surface area contributed by atoms with E-state index in [9.17, 15) is 4.57 Å². The molecule has 0 heterocycles. The molecule has 1 unspecified atom stereocenters. The molecular formula is C10H16NO3P. The fraction of sp³-hybridized carbons (Fsp3) is 0.400. The van der Waals surface area contributed by atoms with Crippen LogP contribution in [0.5, 0.6) is 5.75 Å². The molecule has 0 aliphatic rings. The van der Waals surface area contributed by atoms with Crippen molar-refractivity contribution in [2.24, 2.45) is 5.73 Å². The number of rotatable bonds is 5. The minimum absolute atomic E-state index is 0.125. The molecule has 1 rings (SSSR count). The summed E-state index contributed by atoms with van der Waals surface area (Å²) < 4.78 is 22.5. The molecule has 0 aliphatic carbocycles. The third kappa shape index (κ3) is 4.04. The normalized spacial score (nSPS) is 14.9. The second kappa shape index (κ2) is 5.31. The smallest absolute Gasteiger partial charge is 0.392 e. The first-order valence-corrected chi connectivity index (χ1v) is 6.51. The fourth-order valence-electron chi connectivity index (χ4n) is 1.06. The van der Waals surface area contributed by atoms with Gasteiger partial charge in [0.2, 0.25) is 0 Å². The largest absolute Gasteiger partial charge is 0.424 e. The minimum Gasteiger partial charge on any atom is -0.424 e. The zero-order valence-electron chi connectivity index (χ0n) is 8.92. The molecule has 0 aliphatic heterocycles. The molecule has 2 N–H and O–H groups in total. The predicted octanol–water partition coefficient (Wildman–Crippen LogP) is 2.60. The van der Waals surface area contributed by atoms with Crippen molar-refractivity contribution in [3.05, 3.63) is 30.3 Å². The molecule has 84 valence electrons. The van der Waals surface area contributed by atoms with Crippen LogP contribution in [-0.2, 0) is 9.09 Å². The van der Waals surface area contributed by atoms with Crippen molar-refractivity contribution >= 4 is 7.60 Å². The molecule has 1 aromatic rings. The van der Waals surface area contributed by atoms with E-state index in [1.807, 2.05) is 6.07 Å². The summed E-state index contributed by atoms with van der Waals surface area (Å²) >= 11 is 0. The highest BCUT2D eigenvalue weighted by Crippen LogP contribution is 2.47. The third-order valence-corrected chi connectivity index (χ3v) is 3.26. The summed E-state index contributed by atoms with van der Waals surface area (Å²) in [6.45, 7) is 3.58. The van der Waals surface area contributed by atoms with E-state index in [0.717, 1.165) is 0 Å². The molecule has 0 saturated carbocycles. The maximum Gasteiger partial charge on any atom is 0.392 e. The summed E-state index contributed by atoms with van der Waals surface area (Å²) in [6.07, 6.45) is -0.303. The number of para-hydroxylation sites is 1. The Kier molecular flexibility index (Phi) is 4.33. The Morgan fingerprint density at radius 1 is 1.33 bits per heavy atom. The summed E-state index contributed by atoms with van der Waals surface area (Å²) in [5.41, 5.74) is 5.39. The molecule has 1 atom stereocenters. The van der Waals surface area contributed by atoms with Crippen LogP contribution in [0.4, 0.5) is 0 Å². The Hall–Kier alpha value is -0.830. The summed E-state index contributed by atoms with van der Waals surface area (Å²) in [5, 5.41) is 0. The van der Waals surface area contributed by atoms with E-state index in [1.165, 1.54) is 0 Å². The minimum atomic E-state index is -3.20. The lowest BCUT2D eigenvalue weighted by atomic mass is 10.3. The number of hydrogen-bond donors (Lipinski definition) is 1. The molecule has 1 aromatic carbocycles. The summed E-state index contributed by atoms with van der Waals surface area (Å²) in [4.78, 5) is 0. The highest BCUT2D eigenvalue weighted by atomic mass is 31.2. The molecule has 4 nitrogen and oxygen atoms in total. The number of nitrogens with two attached hydrogens (primary N) is 1. The van der Waals surface area contributed by atoms with E-state index in [1.54, 1.807) is 38.1 Å². The number of hydrogen-bond acceptors (Lipinski definition) is 4. The van der Waals surface area contributed by atoms with Crippen LogP contribution in [0.2, 0.25) is 0 Å². The van der Waals surface area contributed by atoms with Crippen LogP contribution in [-0.4, -0.2) is 12.4 Å². The Balaban J connectivity index is 2.73. The molecule has 5 heteroatoms. The zero-order valence-corrected chi connectivity index (χ0v) is 9.81. The van der Waals surface area contributed by atoms with Crippen molar-refractivity contribution in [3.8, 4) is 5.75 Å². The van der Waals surface area contributed by atoms with Gasteiger partial charge in [-0.25, -0.2) is 4.57 Å². The molecule has 0 saturated heterocycles. The van der Waals surface area contributed by atoms with E-state index >= 15 is 0 Å². The average molecular weight is 229 g/mol. The monoisotopic (exact) mass is 229 g/mol. The van der Waals surface area contributed by atoms with Gasteiger partial charge < -0.3 is 10.3 Å². The SMILES string of the molecule is CC(C)OP(=O)(CN)Oc1ccccc1. The Labute approximate surface area is 89.9 Å². The van der Waals surface area contributed by atoms with Gasteiger partial charge in [0.1, 0.15) is 12.0 Å². The van der Waals surface area contributed by atoms with Gasteiger partial charge in [0.15, 0.2) is 0 Å². The van der Waals surface area contributed by atoms with Crippen molar-refractivity contribution in [3.63, 3.8) is 0 Å². The van der Waals surface area contributed by atoms with Gasteiger partial charge in [0.25, 0.3) is 0 Å². The molecule has 15 heavy (non-hydrogen) atoms. The van der Waals surface area contributed by atoms with Crippen LogP contribution in [0.15, 0.2) is 30.3 Å². The maximum atomic E-state index is 12.0. The van der Waals surface area contributed by atoms with Crippen LogP contribution < -0.4 is 10.3 Å². The highest BCUT2D eigenvalue weighted by molar-refractivity contribution is 7.54. The van der Waals surface area contributed by atoms with Crippen LogP contribution >= 0.6 is 7.60 Å². The molecule has 0 radical (unpaired) electrons. The first-order valence-electron chi connectivity index (χ1n) is 4.78. The Morgan fingerprint density at radius 2 is 1.93 bits per heavy atom. The lowest BCUT2D eigenvalue weighted by Crippen LogP contribution is -2.12. The third-order valence-electron chi connectivity index (χ3n) is 1.58. The molecular weight excluding hydrogens is 213 g/mol. The molecule has 0 aromatic heterocycles. The summed E-state index contributed by atoms with van der Waals surface area (Å²) in [7, 11) is -3.20. The lowest BCUT2D eigenvalue weighted by Gasteiger charge is -2.19. The zero-order chi connectivity index (χ0) is 11.3. The number of benzene rings is 1. The molecule has 0 spiro atoms. The second-order valence-electron chi connectivity index (χ2n) is 3.35. The standard InChI is InChI=1S/C10H16NO3P/c1-9(2)13-15(12,8-11)14-10-6-4-3-5-7-10/h3-7,9H,8,11H2,1-2H3. The van der Waals surface area contributed by atoms with Crippen LogP contribution in [0.1, 0.15) is 13.8 Å². The quantitative estimate of drug-likeness (QED) is 0.788. The van der Waals surface area contributed by atoms with E-state index in [0.29, 0.717) is 5.75 Å². The second-order valence-corrected chi connectivity index (χ2v) is 5.33. The van der Waals surface area contributed by atoms with Crippen LogP contribution in [0.25, 0.3) is 0 Å². The topological polar surface area (TPSA) is 61.5 Å². The molecule has 0 amide bonds. The van der Waals surface area contributed by atoms with Crippen molar-refractivity contribution in [1.82, 2.24) is 0 Å².